The lowest BCUT2D eigenvalue weighted by Gasteiger charge is -2.02. The molecular formula is C10H12O2. The van der Waals surface area contributed by atoms with E-state index in [-0.39, 0.29) is 6.61 Å². The maximum absolute atomic E-state index is 8.56. The molecule has 0 aromatic heterocycles. The van der Waals surface area contributed by atoms with Crippen LogP contribution in [0.4, 0.5) is 0 Å². The molecule has 0 spiro atoms. The van der Waals surface area contributed by atoms with Crippen LogP contribution in [0.3, 0.4) is 0 Å². The SMILES string of the molecule is COc1ccccc1C=CCO. The average Bonchev–Trinajstić information content (AvgIpc) is 2.15. The highest BCUT2D eigenvalue weighted by Crippen LogP contribution is 2.18. The van der Waals surface area contributed by atoms with Crippen LogP contribution in [-0.2, 0) is 0 Å². The van der Waals surface area contributed by atoms with Gasteiger partial charge in [0.2, 0.25) is 0 Å². The molecule has 1 aromatic rings. The van der Waals surface area contributed by atoms with Crippen molar-refractivity contribution in [3.63, 3.8) is 0 Å². The van der Waals surface area contributed by atoms with Crippen molar-refractivity contribution in [1.82, 2.24) is 0 Å². The topological polar surface area (TPSA) is 29.5 Å². The van der Waals surface area contributed by atoms with Crippen LogP contribution < -0.4 is 4.74 Å². The van der Waals surface area contributed by atoms with Crippen LogP contribution in [0.25, 0.3) is 6.08 Å². The van der Waals surface area contributed by atoms with Crippen LogP contribution in [-0.4, -0.2) is 18.8 Å². The second kappa shape index (κ2) is 4.57. The minimum Gasteiger partial charge on any atom is -0.496 e. The summed E-state index contributed by atoms with van der Waals surface area (Å²) in [5.74, 6) is 0.821. The minimum absolute atomic E-state index is 0.0536. The third-order valence-electron chi connectivity index (χ3n) is 1.54. The zero-order valence-corrected chi connectivity index (χ0v) is 7.03. The second-order valence-corrected chi connectivity index (χ2v) is 2.33. The first-order valence-electron chi connectivity index (χ1n) is 3.79. The largest absolute Gasteiger partial charge is 0.496 e. The van der Waals surface area contributed by atoms with E-state index in [4.69, 9.17) is 9.84 Å². The highest BCUT2D eigenvalue weighted by molar-refractivity contribution is 5.56. The molecule has 1 N–H and O–H groups in total. The van der Waals surface area contributed by atoms with Gasteiger partial charge in [0, 0.05) is 5.56 Å². The summed E-state index contributed by atoms with van der Waals surface area (Å²) in [4.78, 5) is 0. The van der Waals surface area contributed by atoms with E-state index in [0.717, 1.165) is 11.3 Å². The molecule has 0 bridgehead atoms. The summed E-state index contributed by atoms with van der Waals surface area (Å²) in [6.07, 6.45) is 3.51. The molecule has 0 aliphatic carbocycles. The maximum atomic E-state index is 8.56. The van der Waals surface area contributed by atoms with Gasteiger partial charge in [0.1, 0.15) is 5.75 Å². The fourth-order valence-corrected chi connectivity index (χ4v) is 0.984. The Labute approximate surface area is 72.1 Å². The first kappa shape index (κ1) is 8.81. The van der Waals surface area contributed by atoms with Crippen LogP contribution in [0.2, 0.25) is 0 Å². The van der Waals surface area contributed by atoms with Gasteiger partial charge in [-0.05, 0) is 6.07 Å². The van der Waals surface area contributed by atoms with E-state index in [2.05, 4.69) is 0 Å². The number of methoxy groups -OCH3 is 1. The molecule has 64 valence electrons. The van der Waals surface area contributed by atoms with E-state index in [1.54, 1.807) is 13.2 Å². The minimum atomic E-state index is 0.0536. The Balaban J connectivity index is 2.89. The van der Waals surface area contributed by atoms with Crippen molar-refractivity contribution in [2.75, 3.05) is 13.7 Å². The molecule has 1 rings (SSSR count). The molecule has 2 nitrogen and oxygen atoms in total. The van der Waals surface area contributed by atoms with E-state index >= 15 is 0 Å². The van der Waals surface area contributed by atoms with Crippen LogP contribution in [0.5, 0.6) is 5.75 Å². The molecule has 0 atom stereocenters. The third kappa shape index (κ3) is 2.10. The van der Waals surface area contributed by atoms with Crippen molar-refractivity contribution in [2.45, 2.75) is 0 Å². The summed E-state index contributed by atoms with van der Waals surface area (Å²) in [5.41, 5.74) is 0.981. The van der Waals surface area contributed by atoms with Gasteiger partial charge >= 0.3 is 0 Å². The number of rotatable bonds is 3. The lowest BCUT2D eigenvalue weighted by atomic mass is 10.2. The summed E-state index contributed by atoms with van der Waals surface area (Å²) in [6, 6.07) is 7.66. The molecule has 1 aromatic carbocycles. The van der Waals surface area contributed by atoms with Crippen molar-refractivity contribution < 1.29 is 9.84 Å². The fourth-order valence-electron chi connectivity index (χ4n) is 0.984. The summed E-state index contributed by atoms with van der Waals surface area (Å²) in [6.45, 7) is 0.0536. The van der Waals surface area contributed by atoms with E-state index < -0.39 is 0 Å². The Bertz CT molecular complexity index is 266. The van der Waals surface area contributed by atoms with E-state index in [1.165, 1.54) is 0 Å². The molecule has 0 fully saturated rings. The van der Waals surface area contributed by atoms with Crippen molar-refractivity contribution in [1.29, 1.82) is 0 Å². The zero-order valence-electron chi connectivity index (χ0n) is 7.03. The zero-order chi connectivity index (χ0) is 8.81. The van der Waals surface area contributed by atoms with Crippen molar-refractivity contribution in [3.8, 4) is 5.75 Å². The molecule has 0 saturated carbocycles. The highest BCUT2D eigenvalue weighted by Gasteiger charge is 1.94. The van der Waals surface area contributed by atoms with Gasteiger partial charge in [0.25, 0.3) is 0 Å². The average molecular weight is 164 g/mol. The summed E-state index contributed by atoms with van der Waals surface area (Å²) in [7, 11) is 1.63. The fraction of sp³-hybridized carbons (Fsp3) is 0.200. The number of aliphatic hydroxyl groups excluding tert-OH is 1. The summed E-state index contributed by atoms with van der Waals surface area (Å²) < 4.78 is 5.11. The van der Waals surface area contributed by atoms with Crippen molar-refractivity contribution in [3.05, 3.63) is 35.9 Å². The van der Waals surface area contributed by atoms with Crippen molar-refractivity contribution >= 4 is 6.08 Å². The monoisotopic (exact) mass is 164 g/mol. The van der Waals surface area contributed by atoms with Gasteiger partial charge < -0.3 is 9.84 Å². The Morgan fingerprint density at radius 3 is 2.83 bits per heavy atom. The molecule has 2 heteroatoms. The van der Waals surface area contributed by atoms with Gasteiger partial charge in [-0.15, -0.1) is 0 Å². The predicted octanol–water partition coefficient (Wildman–Crippen LogP) is 1.70. The van der Waals surface area contributed by atoms with E-state index in [1.807, 2.05) is 30.3 Å². The normalized spacial score (nSPS) is 10.5. The number of hydrogen-bond acceptors (Lipinski definition) is 2. The van der Waals surface area contributed by atoms with E-state index in [0.29, 0.717) is 0 Å². The van der Waals surface area contributed by atoms with Gasteiger partial charge in [0.05, 0.1) is 13.7 Å². The third-order valence-corrected chi connectivity index (χ3v) is 1.54. The number of aliphatic hydroxyl groups is 1. The first-order valence-corrected chi connectivity index (χ1v) is 3.79. The van der Waals surface area contributed by atoms with Crippen LogP contribution >= 0.6 is 0 Å². The van der Waals surface area contributed by atoms with Crippen LogP contribution in [0.1, 0.15) is 5.56 Å². The quantitative estimate of drug-likeness (QED) is 0.736. The van der Waals surface area contributed by atoms with Gasteiger partial charge in [-0.2, -0.15) is 0 Å². The molecule has 0 aliphatic heterocycles. The first-order chi connectivity index (χ1) is 5.88. The number of hydrogen-bond donors (Lipinski definition) is 1. The van der Waals surface area contributed by atoms with Gasteiger partial charge in [-0.1, -0.05) is 30.4 Å². The Morgan fingerprint density at radius 2 is 2.17 bits per heavy atom. The van der Waals surface area contributed by atoms with Gasteiger partial charge in [0.15, 0.2) is 0 Å². The summed E-state index contributed by atoms with van der Waals surface area (Å²) >= 11 is 0. The second-order valence-electron chi connectivity index (χ2n) is 2.33. The number of benzene rings is 1. The smallest absolute Gasteiger partial charge is 0.126 e. The highest BCUT2D eigenvalue weighted by atomic mass is 16.5. The van der Waals surface area contributed by atoms with Gasteiger partial charge in [-0.25, -0.2) is 0 Å². The lowest BCUT2D eigenvalue weighted by molar-refractivity contribution is 0.343. The summed E-state index contributed by atoms with van der Waals surface area (Å²) in [5, 5.41) is 8.56. The molecule has 0 amide bonds. The molecule has 0 radical (unpaired) electrons. The Morgan fingerprint density at radius 1 is 1.42 bits per heavy atom. The standard InChI is InChI=1S/C10H12O2/c1-12-10-7-3-2-5-9(10)6-4-8-11/h2-7,11H,8H2,1H3. The molecule has 0 unspecified atom stereocenters. The molecule has 0 aliphatic rings. The molecular weight excluding hydrogens is 152 g/mol. The van der Waals surface area contributed by atoms with E-state index in [9.17, 15) is 0 Å². The maximum Gasteiger partial charge on any atom is 0.126 e. The molecule has 12 heavy (non-hydrogen) atoms. The number of ether oxygens (including phenoxy) is 1. The molecule has 0 saturated heterocycles. The van der Waals surface area contributed by atoms with Crippen LogP contribution in [0, 0.1) is 0 Å². The van der Waals surface area contributed by atoms with Crippen LogP contribution in [0.15, 0.2) is 30.3 Å². The molecule has 0 heterocycles. The lowest BCUT2D eigenvalue weighted by Crippen LogP contribution is -1.85. The number of para-hydroxylation sites is 1. The van der Waals surface area contributed by atoms with Crippen molar-refractivity contribution in [2.24, 2.45) is 0 Å². The van der Waals surface area contributed by atoms with Gasteiger partial charge in [-0.3, -0.25) is 0 Å². The Hall–Kier alpha value is -1.28. The Kier molecular flexibility index (Phi) is 3.35. The predicted molar refractivity (Wildman–Crippen MR) is 49.1 cm³/mol.